The minimum absolute atomic E-state index is 0.981. The molecule has 0 aliphatic rings. The van der Waals surface area contributed by atoms with E-state index in [1.54, 1.807) is 11.3 Å². The molecule has 0 aromatic carbocycles. The molecule has 2 aromatic heterocycles. The van der Waals surface area contributed by atoms with Gasteiger partial charge < -0.3 is 0 Å². The summed E-state index contributed by atoms with van der Waals surface area (Å²) in [5.41, 5.74) is 2.02. The molecule has 2 rings (SSSR count). The Morgan fingerprint density at radius 1 is 1.36 bits per heavy atom. The van der Waals surface area contributed by atoms with Crippen molar-refractivity contribution in [2.75, 3.05) is 0 Å². The van der Waals surface area contributed by atoms with Crippen LogP contribution in [-0.4, -0.2) is 9.97 Å². The van der Waals surface area contributed by atoms with Crippen LogP contribution in [0.2, 0.25) is 0 Å². The normalized spacial score (nSPS) is 10.4. The summed E-state index contributed by atoms with van der Waals surface area (Å²) >= 11 is 1.72. The highest BCUT2D eigenvalue weighted by Crippen LogP contribution is 2.23. The number of hydrogen-bond donors (Lipinski definition) is 0. The molecule has 3 heteroatoms. The smallest absolute Gasteiger partial charge is 0.142 e. The Balaban J connectivity index is 2.39. The Bertz CT molecular complexity index is 434. The standard InChI is InChI=1S/C11H12N2S/c1-3-9-7-12-11(14-9)10-6-4-5-8(2)13-10/h4-7H,3H2,1-2H3. The largest absolute Gasteiger partial charge is 0.251 e. The third kappa shape index (κ3) is 1.82. The van der Waals surface area contributed by atoms with Gasteiger partial charge in [-0.15, -0.1) is 11.3 Å². The van der Waals surface area contributed by atoms with Crippen LogP contribution in [0.3, 0.4) is 0 Å². The summed E-state index contributed by atoms with van der Waals surface area (Å²) < 4.78 is 0. The molecule has 14 heavy (non-hydrogen) atoms. The Labute approximate surface area is 87.7 Å². The quantitative estimate of drug-likeness (QED) is 0.751. The fraction of sp³-hybridized carbons (Fsp3) is 0.273. The van der Waals surface area contributed by atoms with Gasteiger partial charge in [-0.05, 0) is 25.5 Å². The number of rotatable bonds is 2. The summed E-state index contributed by atoms with van der Waals surface area (Å²) in [7, 11) is 0. The zero-order chi connectivity index (χ0) is 9.97. The number of pyridine rings is 1. The molecule has 0 fully saturated rings. The van der Waals surface area contributed by atoms with Gasteiger partial charge in [0.05, 0.1) is 5.69 Å². The van der Waals surface area contributed by atoms with E-state index >= 15 is 0 Å². The van der Waals surface area contributed by atoms with Crippen molar-refractivity contribution in [1.29, 1.82) is 0 Å². The van der Waals surface area contributed by atoms with Gasteiger partial charge in [0.25, 0.3) is 0 Å². The number of nitrogens with zero attached hydrogens (tertiary/aromatic N) is 2. The predicted octanol–water partition coefficient (Wildman–Crippen LogP) is 3.08. The van der Waals surface area contributed by atoms with Crippen LogP contribution in [0.25, 0.3) is 10.7 Å². The molecule has 0 N–H and O–H groups in total. The first kappa shape index (κ1) is 9.34. The molecule has 2 nitrogen and oxygen atoms in total. The van der Waals surface area contributed by atoms with Crippen molar-refractivity contribution >= 4 is 11.3 Å². The monoisotopic (exact) mass is 204 g/mol. The van der Waals surface area contributed by atoms with E-state index in [9.17, 15) is 0 Å². The Kier molecular flexibility index (Phi) is 2.59. The maximum Gasteiger partial charge on any atom is 0.142 e. The molecule has 2 aromatic rings. The van der Waals surface area contributed by atoms with E-state index in [1.165, 1.54) is 4.88 Å². The van der Waals surface area contributed by atoms with E-state index in [0.29, 0.717) is 0 Å². The molecule has 0 saturated heterocycles. The van der Waals surface area contributed by atoms with E-state index in [1.807, 2.05) is 31.3 Å². The Morgan fingerprint density at radius 3 is 2.86 bits per heavy atom. The molecule has 0 spiro atoms. The summed E-state index contributed by atoms with van der Waals surface area (Å²) in [5, 5.41) is 1.02. The lowest BCUT2D eigenvalue weighted by Crippen LogP contribution is -1.84. The molecule has 0 bridgehead atoms. The van der Waals surface area contributed by atoms with Gasteiger partial charge in [0, 0.05) is 16.8 Å². The highest BCUT2D eigenvalue weighted by molar-refractivity contribution is 7.14. The summed E-state index contributed by atoms with van der Waals surface area (Å²) in [6.45, 7) is 4.14. The summed E-state index contributed by atoms with van der Waals surface area (Å²) in [6.07, 6.45) is 2.98. The van der Waals surface area contributed by atoms with E-state index in [-0.39, 0.29) is 0 Å². The maximum atomic E-state index is 4.44. The van der Waals surface area contributed by atoms with Gasteiger partial charge in [-0.1, -0.05) is 13.0 Å². The van der Waals surface area contributed by atoms with E-state index in [2.05, 4.69) is 16.9 Å². The first-order valence-electron chi connectivity index (χ1n) is 4.68. The number of thiazole rings is 1. The fourth-order valence-electron chi connectivity index (χ4n) is 1.25. The molecule has 0 amide bonds. The van der Waals surface area contributed by atoms with Crippen molar-refractivity contribution in [3.8, 4) is 10.7 Å². The second-order valence-electron chi connectivity index (χ2n) is 3.15. The van der Waals surface area contributed by atoms with E-state index in [4.69, 9.17) is 0 Å². The second-order valence-corrected chi connectivity index (χ2v) is 4.26. The summed E-state index contributed by atoms with van der Waals surface area (Å²) in [6, 6.07) is 6.02. The van der Waals surface area contributed by atoms with Crippen molar-refractivity contribution in [1.82, 2.24) is 9.97 Å². The van der Waals surface area contributed by atoms with Crippen molar-refractivity contribution in [2.45, 2.75) is 20.3 Å². The van der Waals surface area contributed by atoms with Crippen molar-refractivity contribution in [3.63, 3.8) is 0 Å². The minimum Gasteiger partial charge on any atom is -0.251 e. The summed E-state index contributed by atoms with van der Waals surface area (Å²) in [5.74, 6) is 0. The van der Waals surface area contributed by atoms with Gasteiger partial charge in [-0.3, -0.25) is 4.98 Å². The second kappa shape index (κ2) is 3.88. The topological polar surface area (TPSA) is 25.8 Å². The van der Waals surface area contributed by atoms with Gasteiger partial charge >= 0.3 is 0 Å². The zero-order valence-corrected chi connectivity index (χ0v) is 9.14. The lowest BCUT2D eigenvalue weighted by Gasteiger charge is -1.95. The van der Waals surface area contributed by atoms with Crippen LogP contribution in [-0.2, 0) is 6.42 Å². The SMILES string of the molecule is CCc1cnc(-c2cccc(C)n2)s1. The average Bonchev–Trinajstić information content (AvgIpc) is 2.66. The van der Waals surface area contributed by atoms with Crippen molar-refractivity contribution < 1.29 is 0 Å². The lowest BCUT2D eigenvalue weighted by molar-refractivity contribution is 1.16. The minimum atomic E-state index is 0.981. The van der Waals surface area contributed by atoms with Gasteiger partial charge in [-0.2, -0.15) is 0 Å². The van der Waals surface area contributed by atoms with Gasteiger partial charge in [0.2, 0.25) is 0 Å². The third-order valence-corrected chi connectivity index (χ3v) is 3.17. The molecule has 2 heterocycles. The first-order chi connectivity index (χ1) is 6.79. The van der Waals surface area contributed by atoms with Crippen LogP contribution >= 0.6 is 11.3 Å². The number of aromatic nitrogens is 2. The number of hydrogen-bond acceptors (Lipinski definition) is 3. The van der Waals surface area contributed by atoms with Crippen LogP contribution in [0, 0.1) is 6.92 Å². The van der Waals surface area contributed by atoms with Crippen molar-refractivity contribution in [2.24, 2.45) is 0 Å². The highest BCUT2D eigenvalue weighted by Gasteiger charge is 2.04. The van der Waals surface area contributed by atoms with Crippen LogP contribution in [0.15, 0.2) is 24.4 Å². The lowest BCUT2D eigenvalue weighted by atomic mass is 10.3. The molecule has 0 aliphatic heterocycles. The summed E-state index contributed by atoms with van der Waals surface area (Å²) in [4.78, 5) is 10.1. The van der Waals surface area contributed by atoms with Crippen LogP contribution in [0.5, 0.6) is 0 Å². The van der Waals surface area contributed by atoms with Gasteiger partial charge in [-0.25, -0.2) is 4.98 Å². The van der Waals surface area contributed by atoms with Crippen LogP contribution < -0.4 is 0 Å². The Hall–Kier alpha value is -1.22. The van der Waals surface area contributed by atoms with E-state index < -0.39 is 0 Å². The third-order valence-electron chi connectivity index (χ3n) is 2.01. The molecular weight excluding hydrogens is 192 g/mol. The molecule has 72 valence electrons. The van der Waals surface area contributed by atoms with Crippen molar-refractivity contribution in [3.05, 3.63) is 35.0 Å². The molecule has 0 unspecified atom stereocenters. The highest BCUT2D eigenvalue weighted by atomic mass is 32.1. The molecule has 0 saturated carbocycles. The molecule has 0 atom stereocenters. The van der Waals surface area contributed by atoms with E-state index in [0.717, 1.165) is 22.8 Å². The zero-order valence-electron chi connectivity index (χ0n) is 8.32. The van der Waals surface area contributed by atoms with Gasteiger partial charge in [0.15, 0.2) is 0 Å². The molecule has 0 radical (unpaired) electrons. The van der Waals surface area contributed by atoms with Gasteiger partial charge in [0.1, 0.15) is 5.01 Å². The first-order valence-corrected chi connectivity index (χ1v) is 5.50. The fourth-order valence-corrected chi connectivity index (χ4v) is 2.07. The maximum absolute atomic E-state index is 4.44. The number of aryl methyl sites for hydroxylation is 2. The predicted molar refractivity (Wildman–Crippen MR) is 59.5 cm³/mol. The average molecular weight is 204 g/mol. The van der Waals surface area contributed by atoms with Crippen LogP contribution in [0.4, 0.5) is 0 Å². The molecular formula is C11H12N2S. The molecule has 0 aliphatic carbocycles. The Morgan fingerprint density at radius 2 is 2.21 bits per heavy atom. The van der Waals surface area contributed by atoms with Crippen LogP contribution in [0.1, 0.15) is 17.5 Å².